The summed E-state index contributed by atoms with van der Waals surface area (Å²) in [6.07, 6.45) is 0.188. The molecular formula is C21H34O6. The molecule has 0 aromatic heterocycles. The van der Waals surface area contributed by atoms with Crippen molar-refractivity contribution in [2.75, 3.05) is 19.8 Å². The number of ether oxygens (including phenoxy) is 4. The molecule has 0 amide bonds. The molecule has 2 aliphatic carbocycles. The molecule has 2 N–H and O–H groups in total. The number of fused-ring (bicyclic) bond motifs is 1. The van der Waals surface area contributed by atoms with Gasteiger partial charge in [-0.15, -0.1) is 0 Å². The van der Waals surface area contributed by atoms with E-state index >= 15 is 0 Å². The minimum atomic E-state index is -1.09. The van der Waals surface area contributed by atoms with Gasteiger partial charge in [-0.1, -0.05) is 35.1 Å². The molecule has 27 heavy (non-hydrogen) atoms. The summed E-state index contributed by atoms with van der Waals surface area (Å²) in [4.78, 5) is 0. The van der Waals surface area contributed by atoms with Gasteiger partial charge in [0.15, 0.2) is 6.29 Å². The van der Waals surface area contributed by atoms with E-state index in [2.05, 4.69) is 20.8 Å². The lowest BCUT2D eigenvalue weighted by atomic mass is 9.51. The van der Waals surface area contributed by atoms with Crippen LogP contribution < -0.4 is 0 Å². The van der Waals surface area contributed by atoms with Crippen molar-refractivity contribution in [3.05, 3.63) is 0 Å². The smallest absolute Gasteiger partial charge is 0.167 e. The Morgan fingerprint density at radius 3 is 2.48 bits per heavy atom. The zero-order chi connectivity index (χ0) is 18.3. The Morgan fingerprint density at radius 1 is 1.04 bits per heavy atom. The van der Waals surface area contributed by atoms with Crippen LogP contribution in [0.4, 0.5) is 0 Å². The van der Waals surface area contributed by atoms with Gasteiger partial charge in [0, 0.05) is 11.3 Å². The van der Waals surface area contributed by atoms with Crippen molar-refractivity contribution in [1.82, 2.24) is 0 Å². The second kappa shape index (κ2) is 4.90. The van der Waals surface area contributed by atoms with Gasteiger partial charge < -0.3 is 29.2 Å². The van der Waals surface area contributed by atoms with Gasteiger partial charge in [-0.25, -0.2) is 0 Å². The van der Waals surface area contributed by atoms with E-state index in [4.69, 9.17) is 18.9 Å². The molecule has 0 radical (unpaired) electrons. The topological polar surface area (TPSA) is 77.4 Å². The number of rotatable bonds is 0. The van der Waals surface area contributed by atoms with Crippen molar-refractivity contribution in [3.63, 3.8) is 0 Å². The summed E-state index contributed by atoms with van der Waals surface area (Å²) < 4.78 is 25.2. The van der Waals surface area contributed by atoms with Crippen LogP contribution in [0.25, 0.3) is 0 Å². The molecule has 4 heterocycles. The molecule has 0 aromatic carbocycles. The van der Waals surface area contributed by atoms with E-state index in [1.807, 2.05) is 6.92 Å². The first-order valence-electron chi connectivity index (χ1n) is 10.1. The summed E-state index contributed by atoms with van der Waals surface area (Å²) in [5.41, 5.74) is -2.96. The lowest BCUT2D eigenvalue weighted by Gasteiger charge is -2.49. The molecule has 2 spiro atoms. The molecule has 4 saturated heterocycles. The highest BCUT2D eigenvalue weighted by molar-refractivity contribution is 5.40. The quantitative estimate of drug-likeness (QED) is 0.664. The fraction of sp³-hybridized carbons (Fsp3) is 1.00. The minimum Gasteiger partial charge on any atom is -0.390 e. The van der Waals surface area contributed by atoms with Crippen LogP contribution in [0.1, 0.15) is 48.0 Å². The Bertz CT molecular complexity index is 676. The van der Waals surface area contributed by atoms with Crippen LogP contribution in [-0.4, -0.2) is 65.8 Å². The lowest BCUT2D eigenvalue weighted by Crippen LogP contribution is -2.64. The SMILES string of the molecule is C.C[C@@H]1COC2CC34C5C[C@@H](C(C)(C)C)C36C(OC[C@@H]6O)O[C@@]4(CO5)[C@]21O. The number of hydrogen-bond acceptors (Lipinski definition) is 6. The first-order chi connectivity index (χ1) is 12.2. The molecule has 6 fully saturated rings. The van der Waals surface area contributed by atoms with E-state index in [1.165, 1.54) is 0 Å². The Labute approximate surface area is 161 Å². The van der Waals surface area contributed by atoms with Gasteiger partial charge in [-0.2, -0.15) is 0 Å². The Hall–Kier alpha value is -0.240. The minimum absolute atomic E-state index is 0. The average molecular weight is 382 g/mol. The number of hydrogen-bond donors (Lipinski definition) is 2. The van der Waals surface area contributed by atoms with Crippen LogP contribution in [0.3, 0.4) is 0 Å². The van der Waals surface area contributed by atoms with Gasteiger partial charge in [0.1, 0.15) is 11.2 Å². The van der Waals surface area contributed by atoms with Gasteiger partial charge in [0.25, 0.3) is 0 Å². The normalized spacial score (nSPS) is 62.9. The van der Waals surface area contributed by atoms with Crippen molar-refractivity contribution in [1.29, 1.82) is 0 Å². The lowest BCUT2D eigenvalue weighted by molar-refractivity contribution is -0.244. The van der Waals surface area contributed by atoms with Gasteiger partial charge >= 0.3 is 0 Å². The zero-order valence-corrected chi connectivity index (χ0v) is 16.0. The van der Waals surface area contributed by atoms with Crippen LogP contribution in [0.2, 0.25) is 0 Å². The van der Waals surface area contributed by atoms with E-state index < -0.39 is 34.4 Å². The Balaban J connectivity index is 0.00000160. The summed E-state index contributed by atoms with van der Waals surface area (Å²) in [7, 11) is 0. The second-order valence-electron chi connectivity index (χ2n) is 10.7. The van der Waals surface area contributed by atoms with Crippen molar-refractivity contribution in [2.24, 2.45) is 28.1 Å². The monoisotopic (exact) mass is 382 g/mol. The maximum atomic E-state index is 11.9. The molecule has 0 bridgehead atoms. The molecular weight excluding hydrogens is 348 g/mol. The Morgan fingerprint density at radius 2 is 1.78 bits per heavy atom. The van der Waals surface area contributed by atoms with Crippen molar-refractivity contribution >= 4 is 0 Å². The summed E-state index contributed by atoms with van der Waals surface area (Å²) in [5, 5.41) is 23.3. The van der Waals surface area contributed by atoms with Crippen LogP contribution >= 0.6 is 0 Å². The fourth-order valence-electron chi connectivity index (χ4n) is 8.44. The molecule has 10 atom stereocenters. The van der Waals surface area contributed by atoms with Crippen LogP contribution in [0, 0.1) is 28.1 Å². The Kier molecular flexibility index (Phi) is 3.41. The second-order valence-corrected chi connectivity index (χ2v) is 10.7. The molecule has 6 nitrogen and oxygen atoms in total. The predicted octanol–water partition coefficient (Wildman–Crippen LogP) is 1.72. The summed E-state index contributed by atoms with van der Waals surface area (Å²) >= 11 is 0. The van der Waals surface area contributed by atoms with Gasteiger partial charge in [0.05, 0.1) is 43.5 Å². The molecule has 4 aliphatic heterocycles. The molecule has 5 unspecified atom stereocenters. The van der Waals surface area contributed by atoms with Crippen molar-refractivity contribution in [3.8, 4) is 0 Å². The third kappa shape index (κ3) is 1.49. The van der Waals surface area contributed by atoms with Crippen molar-refractivity contribution in [2.45, 2.75) is 83.8 Å². The van der Waals surface area contributed by atoms with Crippen molar-refractivity contribution < 1.29 is 29.2 Å². The fourth-order valence-corrected chi connectivity index (χ4v) is 8.44. The molecule has 6 rings (SSSR count). The number of aliphatic hydroxyl groups excluding tert-OH is 1. The summed E-state index contributed by atoms with van der Waals surface area (Å²) in [6.45, 7) is 9.93. The maximum Gasteiger partial charge on any atom is 0.167 e. The van der Waals surface area contributed by atoms with E-state index in [1.54, 1.807) is 0 Å². The molecule has 6 aliphatic rings. The first kappa shape index (κ1) is 18.8. The third-order valence-corrected chi connectivity index (χ3v) is 9.20. The average Bonchev–Trinajstić information content (AvgIpc) is 3.28. The molecule has 2 saturated carbocycles. The predicted molar refractivity (Wildman–Crippen MR) is 96.9 cm³/mol. The van der Waals surface area contributed by atoms with Crippen LogP contribution in [-0.2, 0) is 18.9 Å². The molecule has 154 valence electrons. The zero-order valence-electron chi connectivity index (χ0n) is 16.0. The van der Waals surface area contributed by atoms with Gasteiger partial charge in [-0.3, -0.25) is 0 Å². The highest BCUT2D eigenvalue weighted by atomic mass is 16.7. The van der Waals surface area contributed by atoms with E-state index in [0.29, 0.717) is 26.2 Å². The van der Waals surface area contributed by atoms with E-state index in [0.717, 1.165) is 6.42 Å². The standard InChI is InChI=1S/C20H30O6.CH4/c1-10-7-23-14-6-17-13-5-11(16(2,3)4)19(17)12(21)8-24-15(19)26-18(17,9-25-13)20(10,14)22;/h10-15,21-22H,5-9H2,1-4H3;1H4/t10-,11+,12+,13?,14?,15?,17?,18-,19?,20-;/m1./s1. The summed E-state index contributed by atoms with van der Waals surface area (Å²) in [5.74, 6) is 0.165. The van der Waals surface area contributed by atoms with Crippen LogP contribution in [0.15, 0.2) is 0 Å². The van der Waals surface area contributed by atoms with Gasteiger partial charge in [-0.05, 0) is 24.2 Å². The van der Waals surface area contributed by atoms with E-state index in [9.17, 15) is 10.2 Å². The molecule has 0 aromatic rings. The maximum absolute atomic E-state index is 11.9. The highest BCUT2D eigenvalue weighted by Crippen LogP contribution is 2.84. The molecule has 6 heteroatoms. The van der Waals surface area contributed by atoms with Crippen LogP contribution in [0.5, 0.6) is 0 Å². The summed E-state index contributed by atoms with van der Waals surface area (Å²) in [6, 6.07) is 0. The third-order valence-electron chi connectivity index (χ3n) is 9.20. The first-order valence-corrected chi connectivity index (χ1v) is 10.1. The number of aliphatic hydroxyl groups is 2. The van der Waals surface area contributed by atoms with Gasteiger partial charge in [0.2, 0.25) is 0 Å². The van der Waals surface area contributed by atoms with E-state index in [-0.39, 0.29) is 36.9 Å². The highest BCUT2D eigenvalue weighted by Gasteiger charge is 2.95. The largest absolute Gasteiger partial charge is 0.390 e.